The number of anilines is 1. The Kier molecular flexibility index (Phi) is 6.86. The Hall–Kier alpha value is -1.67. The number of fused-ring (bicyclic) bond motifs is 1. The van der Waals surface area contributed by atoms with E-state index in [1.807, 2.05) is 11.0 Å². The van der Waals surface area contributed by atoms with Crippen LogP contribution in [0.1, 0.15) is 51.9 Å². The number of piperazine rings is 1. The van der Waals surface area contributed by atoms with Crippen LogP contribution in [0.4, 0.5) is 5.13 Å². The zero-order valence-electron chi connectivity index (χ0n) is 18.5. The summed E-state index contributed by atoms with van der Waals surface area (Å²) in [6.07, 6.45) is 9.59. The van der Waals surface area contributed by atoms with Gasteiger partial charge in [-0.3, -0.25) is 4.79 Å². The number of aromatic nitrogens is 1. The zero-order chi connectivity index (χ0) is 22.0. The SMILES string of the molecule is CCCCC1CCC(C(=O)N2CCN(c3nc4c(S(C)(=O)=O)cccc4s3)CC2)CC1. The van der Waals surface area contributed by atoms with Gasteiger partial charge in [0.05, 0.1) is 9.60 Å². The first-order chi connectivity index (χ1) is 14.9. The van der Waals surface area contributed by atoms with Gasteiger partial charge in [0.1, 0.15) is 5.52 Å². The molecule has 2 fully saturated rings. The average molecular weight is 464 g/mol. The van der Waals surface area contributed by atoms with Crippen LogP contribution >= 0.6 is 11.3 Å². The topological polar surface area (TPSA) is 70.6 Å². The van der Waals surface area contributed by atoms with Crippen molar-refractivity contribution in [2.45, 2.75) is 56.8 Å². The van der Waals surface area contributed by atoms with Crippen molar-refractivity contribution >= 4 is 42.4 Å². The van der Waals surface area contributed by atoms with Gasteiger partial charge < -0.3 is 9.80 Å². The molecule has 4 rings (SSSR count). The van der Waals surface area contributed by atoms with Gasteiger partial charge in [-0.1, -0.05) is 43.6 Å². The number of para-hydroxylation sites is 1. The minimum Gasteiger partial charge on any atom is -0.345 e. The Morgan fingerprint density at radius 3 is 2.48 bits per heavy atom. The summed E-state index contributed by atoms with van der Waals surface area (Å²) >= 11 is 1.53. The molecule has 2 aromatic rings. The number of sulfone groups is 1. The van der Waals surface area contributed by atoms with Gasteiger partial charge in [-0.25, -0.2) is 13.4 Å². The number of nitrogens with zero attached hydrogens (tertiary/aromatic N) is 3. The van der Waals surface area contributed by atoms with Gasteiger partial charge in [0.25, 0.3) is 0 Å². The van der Waals surface area contributed by atoms with Crippen LogP contribution in [-0.2, 0) is 14.6 Å². The van der Waals surface area contributed by atoms with E-state index in [1.165, 1.54) is 49.7 Å². The zero-order valence-corrected chi connectivity index (χ0v) is 20.2. The van der Waals surface area contributed by atoms with Crippen molar-refractivity contribution < 1.29 is 13.2 Å². The Morgan fingerprint density at radius 2 is 1.84 bits per heavy atom. The number of benzene rings is 1. The molecule has 1 aliphatic heterocycles. The second-order valence-electron chi connectivity index (χ2n) is 9.04. The van der Waals surface area contributed by atoms with Crippen molar-refractivity contribution in [1.82, 2.24) is 9.88 Å². The first kappa shape index (κ1) is 22.5. The molecule has 0 spiro atoms. The van der Waals surface area contributed by atoms with E-state index in [1.54, 1.807) is 12.1 Å². The lowest BCUT2D eigenvalue weighted by atomic mass is 9.79. The molecule has 1 aliphatic carbocycles. The van der Waals surface area contributed by atoms with E-state index in [9.17, 15) is 13.2 Å². The molecule has 2 aliphatic rings. The Labute approximate surface area is 189 Å². The summed E-state index contributed by atoms with van der Waals surface area (Å²) in [5.41, 5.74) is 0.559. The summed E-state index contributed by atoms with van der Waals surface area (Å²) in [4.78, 5) is 22.2. The van der Waals surface area contributed by atoms with Crippen LogP contribution < -0.4 is 4.90 Å². The van der Waals surface area contributed by atoms with Crippen molar-refractivity contribution in [3.8, 4) is 0 Å². The lowest BCUT2D eigenvalue weighted by molar-refractivity contribution is -0.137. The predicted molar refractivity (Wildman–Crippen MR) is 126 cm³/mol. The Bertz CT molecular complexity index is 1020. The van der Waals surface area contributed by atoms with E-state index in [-0.39, 0.29) is 10.8 Å². The summed E-state index contributed by atoms with van der Waals surface area (Å²) in [5, 5.41) is 0.842. The number of unbranched alkanes of at least 4 members (excludes halogenated alkanes) is 1. The smallest absolute Gasteiger partial charge is 0.225 e. The summed E-state index contributed by atoms with van der Waals surface area (Å²) < 4.78 is 25.0. The summed E-state index contributed by atoms with van der Waals surface area (Å²) in [5.74, 6) is 1.35. The van der Waals surface area contributed by atoms with Crippen molar-refractivity contribution in [1.29, 1.82) is 0 Å². The van der Waals surface area contributed by atoms with Crippen LogP contribution in [0, 0.1) is 11.8 Å². The minimum absolute atomic E-state index is 0.198. The molecule has 0 radical (unpaired) electrons. The van der Waals surface area contributed by atoms with Gasteiger partial charge in [-0.05, 0) is 43.7 Å². The van der Waals surface area contributed by atoms with Gasteiger partial charge in [-0.2, -0.15) is 0 Å². The molecule has 170 valence electrons. The molecule has 0 unspecified atom stereocenters. The van der Waals surface area contributed by atoms with E-state index in [0.29, 0.717) is 24.5 Å². The molecular formula is C23H33N3O3S2. The summed E-state index contributed by atoms with van der Waals surface area (Å²) in [7, 11) is -3.32. The number of hydrogen-bond donors (Lipinski definition) is 0. The van der Waals surface area contributed by atoms with Gasteiger partial charge in [0.2, 0.25) is 5.91 Å². The number of rotatable bonds is 6. The number of thiazole rings is 1. The Morgan fingerprint density at radius 1 is 1.13 bits per heavy atom. The summed E-state index contributed by atoms with van der Waals surface area (Å²) in [6.45, 7) is 5.15. The number of amides is 1. The first-order valence-electron chi connectivity index (χ1n) is 11.5. The highest BCUT2D eigenvalue weighted by Gasteiger charge is 2.31. The molecule has 1 saturated heterocycles. The van der Waals surface area contributed by atoms with Gasteiger partial charge in [0.15, 0.2) is 15.0 Å². The molecule has 1 aromatic heterocycles. The third-order valence-corrected chi connectivity index (χ3v) is 9.00. The maximum Gasteiger partial charge on any atom is 0.225 e. The largest absolute Gasteiger partial charge is 0.345 e. The van der Waals surface area contributed by atoms with E-state index < -0.39 is 9.84 Å². The predicted octanol–water partition coefficient (Wildman–Crippen LogP) is 4.35. The molecule has 0 N–H and O–H groups in total. The maximum atomic E-state index is 13.0. The lowest BCUT2D eigenvalue weighted by Crippen LogP contribution is -2.50. The van der Waals surface area contributed by atoms with Gasteiger partial charge in [-0.15, -0.1) is 0 Å². The monoisotopic (exact) mass is 463 g/mol. The molecule has 2 heterocycles. The molecule has 1 aromatic carbocycles. The second kappa shape index (κ2) is 9.45. The first-order valence-corrected chi connectivity index (χ1v) is 14.2. The molecular weight excluding hydrogens is 430 g/mol. The number of carbonyl (C=O) groups is 1. The fourth-order valence-electron chi connectivity index (χ4n) is 4.91. The molecule has 0 atom stereocenters. The molecule has 1 saturated carbocycles. The van der Waals surface area contributed by atoms with Crippen LogP contribution in [0.2, 0.25) is 0 Å². The van der Waals surface area contributed by atoms with Crippen molar-refractivity contribution in [2.75, 3.05) is 37.3 Å². The molecule has 6 nitrogen and oxygen atoms in total. The van der Waals surface area contributed by atoms with E-state index in [4.69, 9.17) is 0 Å². The molecule has 8 heteroatoms. The second-order valence-corrected chi connectivity index (χ2v) is 12.0. The van der Waals surface area contributed by atoms with Gasteiger partial charge >= 0.3 is 0 Å². The average Bonchev–Trinajstić information content (AvgIpc) is 3.21. The normalized spacial score (nSPS) is 22.8. The number of carbonyl (C=O) groups excluding carboxylic acids is 1. The highest BCUT2D eigenvalue weighted by atomic mass is 32.2. The van der Waals surface area contributed by atoms with Crippen molar-refractivity contribution in [3.05, 3.63) is 18.2 Å². The van der Waals surface area contributed by atoms with E-state index in [0.717, 1.165) is 41.7 Å². The third-order valence-electron chi connectivity index (χ3n) is 6.79. The van der Waals surface area contributed by atoms with Crippen LogP contribution in [0.3, 0.4) is 0 Å². The molecule has 31 heavy (non-hydrogen) atoms. The lowest BCUT2D eigenvalue weighted by Gasteiger charge is -2.37. The van der Waals surface area contributed by atoms with Crippen molar-refractivity contribution in [2.24, 2.45) is 11.8 Å². The molecule has 1 amide bonds. The third kappa shape index (κ3) is 5.06. The van der Waals surface area contributed by atoms with E-state index >= 15 is 0 Å². The van der Waals surface area contributed by atoms with Crippen molar-refractivity contribution in [3.63, 3.8) is 0 Å². The molecule has 0 bridgehead atoms. The fraction of sp³-hybridized carbons (Fsp3) is 0.652. The summed E-state index contributed by atoms with van der Waals surface area (Å²) in [6, 6.07) is 5.31. The maximum absolute atomic E-state index is 13.0. The van der Waals surface area contributed by atoms with Crippen LogP contribution in [0.25, 0.3) is 10.2 Å². The van der Waals surface area contributed by atoms with Crippen LogP contribution in [0.5, 0.6) is 0 Å². The Balaban J connectivity index is 1.35. The number of hydrogen-bond acceptors (Lipinski definition) is 6. The highest BCUT2D eigenvalue weighted by molar-refractivity contribution is 7.91. The standard InChI is InChI=1S/C23H33N3O3S2/c1-3-4-6-17-9-11-18(12-10-17)22(27)25-13-15-26(16-14-25)23-24-21-19(30-23)7-5-8-20(21)31(2,28)29/h5,7-8,17-18H,3-4,6,9-16H2,1-2H3. The minimum atomic E-state index is -3.32. The van der Waals surface area contributed by atoms with Crippen LogP contribution in [0.15, 0.2) is 23.1 Å². The van der Waals surface area contributed by atoms with E-state index in [2.05, 4.69) is 16.8 Å². The van der Waals surface area contributed by atoms with Crippen LogP contribution in [-0.4, -0.2) is 56.6 Å². The fourth-order valence-corrected chi connectivity index (χ4v) is 6.85. The highest BCUT2D eigenvalue weighted by Crippen LogP contribution is 2.35. The quantitative estimate of drug-likeness (QED) is 0.637. The van der Waals surface area contributed by atoms with Gasteiger partial charge in [0, 0.05) is 38.4 Å².